The molecule has 4 atom stereocenters. The number of fused-ring (bicyclic) bond motifs is 1. The van der Waals surface area contributed by atoms with E-state index in [2.05, 4.69) is 15.9 Å². The van der Waals surface area contributed by atoms with Gasteiger partial charge in [0.2, 0.25) is 6.29 Å². The first-order chi connectivity index (χ1) is 10.4. The van der Waals surface area contributed by atoms with Gasteiger partial charge >= 0.3 is 0 Å². The molecule has 1 aromatic carbocycles. The van der Waals surface area contributed by atoms with Crippen molar-refractivity contribution < 1.29 is 24.8 Å². The molecule has 0 bridgehead atoms. The summed E-state index contributed by atoms with van der Waals surface area (Å²) in [6.07, 6.45) is -2.60. The molecule has 2 aromatic rings. The predicted octanol–water partition coefficient (Wildman–Crippen LogP) is 1.41. The maximum Gasteiger partial charge on any atom is 0.229 e. The van der Waals surface area contributed by atoms with Crippen LogP contribution >= 0.6 is 27.5 Å². The zero-order valence-electron chi connectivity index (χ0n) is 11.6. The number of benzene rings is 1. The topological polar surface area (TPSA) is 84.1 Å². The molecule has 22 heavy (non-hydrogen) atoms. The number of aliphatic hydroxyl groups excluding tert-OH is 3. The zero-order valence-corrected chi connectivity index (χ0v) is 14.0. The third-order valence-electron chi connectivity index (χ3n) is 3.74. The van der Waals surface area contributed by atoms with Crippen molar-refractivity contribution in [3.8, 4) is 5.75 Å². The van der Waals surface area contributed by atoms with Gasteiger partial charge in [-0.05, 0) is 28.1 Å². The van der Waals surface area contributed by atoms with E-state index >= 15 is 0 Å². The second-order valence-electron chi connectivity index (χ2n) is 5.21. The van der Waals surface area contributed by atoms with Crippen LogP contribution in [0.1, 0.15) is 0 Å². The van der Waals surface area contributed by atoms with E-state index in [1.165, 1.54) is 0 Å². The van der Waals surface area contributed by atoms with Crippen molar-refractivity contribution in [3.63, 3.8) is 0 Å². The molecule has 0 amide bonds. The molecular formula is C14H15BrClNO5. The fourth-order valence-electron chi connectivity index (χ4n) is 2.52. The van der Waals surface area contributed by atoms with Gasteiger partial charge in [-0.25, -0.2) is 0 Å². The maximum absolute atomic E-state index is 9.95. The van der Waals surface area contributed by atoms with Gasteiger partial charge in [0, 0.05) is 23.1 Å². The molecule has 0 spiro atoms. The first-order valence-electron chi connectivity index (χ1n) is 6.65. The van der Waals surface area contributed by atoms with E-state index in [4.69, 9.17) is 26.2 Å². The van der Waals surface area contributed by atoms with Gasteiger partial charge in [-0.3, -0.25) is 0 Å². The summed E-state index contributed by atoms with van der Waals surface area (Å²) in [7, 11) is 1.84. The number of aromatic nitrogens is 1. The van der Waals surface area contributed by atoms with E-state index in [1.807, 2.05) is 17.7 Å². The highest BCUT2D eigenvalue weighted by molar-refractivity contribution is 9.10. The monoisotopic (exact) mass is 391 g/mol. The molecule has 2 heterocycles. The van der Waals surface area contributed by atoms with E-state index in [0.29, 0.717) is 10.8 Å². The molecule has 1 aromatic heterocycles. The molecule has 0 saturated carbocycles. The summed E-state index contributed by atoms with van der Waals surface area (Å²) in [6.45, 7) is -0.394. The van der Waals surface area contributed by atoms with E-state index in [1.54, 1.807) is 12.3 Å². The van der Waals surface area contributed by atoms with Crippen LogP contribution in [-0.2, 0) is 11.8 Å². The summed E-state index contributed by atoms with van der Waals surface area (Å²) in [5.74, 6) is 0.490. The summed E-state index contributed by atoms with van der Waals surface area (Å²) in [5.41, 5.74) is 0.856. The first kappa shape index (κ1) is 16.0. The molecule has 1 aliphatic heterocycles. The Morgan fingerprint density at radius 1 is 1.36 bits per heavy atom. The Balaban J connectivity index is 1.93. The summed E-state index contributed by atoms with van der Waals surface area (Å²) in [5, 5.41) is 30.2. The lowest BCUT2D eigenvalue weighted by Gasteiger charge is -2.16. The van der Waals surface area contributed by atoms with Crippen LogP contribution in [-0.4, -0.2) is 51.1 Å². The average molecular weight is 393 g/mol. The second-order valence-corrected chi connectivity index (χ2v) is 6.47. The molecule has 3 N–H and O–H groups in total. The first-order valence-corrected chi connectivity index (χ1v) is 7.82. The van der Waals surface area contributed by atoms with Crippen LogP contribution < -0.4 is 4.74 Å². The fraction of sp³-hybridized carbons (Fsp3) is 0.429. The summed E-state index contributed by atoms with van der Waals surface area (Å²) in [4.78, 5) is 0. The number of aryl methyl sites for hydroxylation is 1. The van der Waals surface area contributed by atoms with Gasteiger partial charge in [0.15, 0.2) is 0 Å². The van der Waals surface area contributed by atoms with Crippen LogP contribution in [0.2, 0.25) is 5.02 Å². The molecular weight excluding hydrogens is 378 g/mol. The number of nitrogens with zero attached hydrogens (tertiary/aromatic N) is 1. The predicted molar refractivity (Wildman–Crippen MR) is 84.0 cm³/mol. The molecule has 1 aliphatic rings. The van der Waals surface area contributed by atoms with Gasteiger partial charge < -0.3 is 29.4 Å². The number of hydrogen-bond acceptors (Lipinski definition) is 5. The number of ether oxygens (including phenoxy) is 2. The molecule has 0 radical (unpaired) electrons. The molecule has 1 saturated heterocycles. The van der Waals surface area contributed by atoms with Crippen LogP contribution in [0.15, 0.2) is 22.8 Å². The molecule has 120 valence electrons. The van der Waals surface area contributed by atoms with Crippen LogP contribution in [0.4, 0.5) is 0 Å². The molecule has 0 unspecified atom stereocenters. The van der Waals surface area contributed by atoms with Gasteiger partial charge in [0.25, 0.3) is 0 Å². The lowest BCUT2D eigenvalue weighted by Crippen LogP contribution is -2.35. The Hall–Kier alpha value is -0.830. The maximum atomic E-state index is 9.95. The number of aliphatic hydroxyl groups is 3. The van der Waals surface area contributed by atoms with E-state index in [0.717, 1.165) is 15.4 Å². The summed E-state index contributed by atoms with van der Waals surface area (Å²) in [6, 6.07) is 3.61. The highest BCUT2D eigenvalue weighted by Gasteiger charge is 2.44. The Bertz CT molecular complexity index is 706. The Morgan fingerprint density at radius 2 is 2.09 bits per heavy atom. The normalized spacial score (nSPS) is 28.5. The van der Waals surface area contributed by atoms with E-state index in [-0.39, 0.29) is 0 Å². The van der Waals surface area contributed by atoms with Crippen molar-refractivity contribution in [2.75, 3.05) is 6.61 Å². The van der Waals surface area contributed by atoms with Gasteiger partial charge in [0.1, 0.15) is 24.1 Å². The molecule has 3 rings (SSSR count). The highest BCUT2D eigenvalue weighted by Crippen LogP contribution is 2.36. The summed E-state index contributed by atoms with van der Waals surface area (Å²) < 4.78 is 13.6. The Kier molecular flexibility index (Phi) is 4.37. The lowest BCUT2D eigenvalue weighted by molar-refractivity contribution is -0.115. The molecule has 1 fully saturated rings. The van der Waals surface area contributed by atoms with Gasteiger partial charge in [0.05, 0.1) is 17.1 Å². The average Bonchev–Trinajstić information content (AvgIpc) is 2.92. The van der Waals surface area contributed by atoms with Gasteiger partial charge in [-0.1, -0.05) is 11.6 Å². The van der Waals surface area contributed by atoms with E-state index < -0.39 is 31.2 Å². The van der Waals surface area contributed by atoms with Crippen molar-refractivity contribution in [3.05, 3.63) is 27.8 Å². The van der Waals surface area contributed by atoms with Crippen LogP contribution in [0, 0.1) is 0 Å². The fourth-order valence-corrected chi connectivity index (χ4v) is 3.02. The largest absolute Gasteiger partial charge is 0.460 e. The van der Waals surface area contributed by atoms with Crippen molar-refractivity contribution in [2.24, 2.45) is 7.05 Å². The highest BCUT2D eigenvalue weighted by atomic mass is 79.9. The third-order valence-corrected chi connectivity index (χ3v) is 4.93. The Labute approximate surface area is 139 Å². The van der Waals surface area contributed by atoms with Gasteiger partial charge in [-0.2, -0.15) is 0 Å². The standard InChI is InChI=1S/C14H15BrClNO5/c1-17-4-10(6-2-7(15)8(16)3-9(6)17)21-14-13(20)12(19)11(5-18)22-14/h2-4,11-14,18-20H,5H2,1H3/t11-,12-,13-,14-/m1/s1. The van der Waals surface area contributed by atoms with Crippen molar-refractivity contribution >= 4 is 38.4 Å². The summed E-state index contributed by atoms with van der Waals surface area (Å²) >= 11 is 9.46. The van der Waals surface area contributed by atoms with Crippen LogP contribution in [0.5, 0.6) is 5.75 Å². The van der Waals surface area contributed by atoms with Gasteiger partial charge in [-0.15, -0.1) is 0 Å². The number of hydrogen-bond donors (Lipinski definition) is 3. The quantitative estimate of drug-likeness (QED) is 0.736. The van der Waals surface area contributed by atoms with E-state index in [9.17, 15) is 10.2 Å². The third kappa shape index (κ3) is 2.62. The minimum atomic E-state index is -1.23. The molecule has 8 heteroatoms. The van der Waals surface area contributed by atoms with Crippen LogP contribution in [0.3, 0.4) is 0 Å². The van der Waals surface area contributed by atoms with Crippen molar-refractivity contribution in [1.82, 2.24) is 4.57 Å². The number of rotatable bonds is 3. The van der Waals surface area contributed by atoms with Crippen LogP contribution in [0.25, 0.3) is 10.9 Å². The second kappa shape index (κ2) is 5.99. The minimum absolute atomic E-state index is 0.394. The molecule has 6 nitrogen and oxygen atoms in total. The SMILES string of the molecule is Cn1cc(O[C@@H]2O[C@H](CO)[C@@H](O)[C@H]2O)c2cc(Br)c(Cl)cc21. The lowest BCUT2D eigenvalue weighted by atomic mass is 10.1. The van der Waals surface area contributed by atoms with Crippen molar-refractivity contribution in [2.45, 2.75) is 24.6 Å². The smallest absolute Gasteiger partial charge is 0.229 e. The van der Waals surface area contributed by atoms with Crippen molar-refractivity contribution in [1.29, 1.82) is 0 Å². The number of halogens is 2. The molecule has 0 aliphatic carbocycles. The zero-order chi connectivity index (χ0) is 16.0. The Morgan fingerprint density at radius 3 is 2.73 bits per heavy atom. The minimum Gasteiger partial charge on any atom is -0.460 e.